The first-order valence-electron chi connectivity index (χ1n) is 6.89. The fourth-order valence-corrected chi connectivity index (χ4v) is 2.74. The van der Waals surface area contributed by atoms with Gasteiger partial charge in [0.1, 0.15) is 5.75 Å². The molecule has 0 unspecified atom stereocenters. The van der Waals surface area contributed by atoms with E-state index < -0.39 is 0 Å². The zero-order valence-electron chi connectivity index (χ0n) is 11.6. The Hall–Kier alpha value is -1.29. The van der Waals surface area contributed by atoms with Crippen LogP contribution in [-0.2, 0) is 0 Å². The van der Waals surface area contributed by atoms with Gasteiger partial charge < -0.3 is 15.4 Å². The van der Waals surface area contributed by atoms with Crippen LogP contribution in [0, 0.1) is 5.92 Å². The molecule has 0 atom stereocenters. The number of benzene rings is 1. The first-order valence-corrected chi connectivity index (χ1v) is 7.30. The van der Waals surface area contributed by atoms with E-state index >= 15 is 0 Å². The topological polar surface area (TPSA) is 33.3 Å². The molecule has 1 fully saturated rings. The maximum Gasteiger partial charge on any atom is 0.170 e. The molecule has 104 valence electrons. The lowest BCUT2D eigenvalue weighted by molar-refractivity contribution is 0.332. The molecule has 1 aromatic carbocycles. The number of hydrogen-bond donors (Lipinski definition) is 2. The molecule has 4 heteroatoms. The minimum absolute atomic E-state index is 0.516. The van der Waals surface area contributed by atoms with Gasteiger partial charge in [-0.3, -0.25) is 0 Å². The molecule has 0 aliphatic heterocycles. The molecule has 0 heterocycles. The van der Waals surface area contributed by atoms with E-state index in [-0.39, 0.29) is 0 Å². The van der Waals surface area contributed by atoms with Crippen LogP contribution in [0.2, 0.25) is 0 Å². The summed E-state index contributed by atoms with van der Waals surface area (Å²) in [6.07, 6.45) is 5.00. The summed E-state index contributed by atoms with van der Waals surface area (Å²) in [5.41, 5.74) is 0.959. The number of thiocarbonyl (C=S) groups is 1. The van der Waals surface area contributed by atoms with Crippen LogP contribution in [-0.4, -0.2) is 18.3 Å². The molecule has 0 spiro atoms. The third-order valence-electron chi connectivity index (χ3n) is 3.68. The Labute approximate surface area is 120 Å². The minimum Gasteiger partial charge on any atom is -0.497 e. The molecule has 19 heavy (non-hydrogen) atoms. The summed E-state index contributed by atoms with van der Waals surface area (Å²) >= 11 is 5.36. The zero-order valence-corrected chi connectivity index (χ0v) is 12.4. The summed E-state index contributed by atoms with van der Waals surface area (Å²) < 4.78 is 5.19. The fraction of sp³-hybridized carbons (Fsp3) is 0.533. The molecule has 2 rings (SSSR count). The van der Waals surface area contributed by atoms with Crippen molar-refractivity contribution in [1.82, 2.24) is 5.32 Å². The molecular formula is C15H22N2OS. The Morgan fingerprint density at radius 2 is 2.00 bits per heavy atom. The van der Waals surface area contributed by atoms with Gasteiger partial charge in [0.25, 0.3) is 0 Å². The molecule has 2 N–H and O–H groups in total. The molecule has 1 aromatic rings. The van der Waals surface area contributed by atoms with E-state index in [9.17, 15) is 0 Å². The molecule has 0 radical (unpaired) electrons. The summed E-state index contributed by atoms with van der Waals surface area (Å²) in [4.78, 5) is 0. The van der Waals surface area contributed by atoms with Crippen LogP contribution in [0.25, 0.3) is 0 Å². The first-order chi connectivity index (χ1) is 9.17. The summed E-state index contributed by atoms with van der Waals surface area (Å²) in [7, 11) is 1.67. The van der Waals surface area contributed by atoms with Crippen molar-refractivity contribution in [2.75, 3.05) is 12.4 Å². The van der Waals surface area contributed by atoms with Crippen LogP contribution in [0.15, 0.2) is 24.3 Å². The van der Waals surface area contributed by atoms with Crippen molar-refractivity contribution in [2.24, 2.45) is 5.92 Å². The molecule has 1 aliphatic rings. The third-order valence-corrected chi connectivity index (χ3v) is 3.90. The van der Waals surface area contributed by atoms with E-state index in [0.717, 1.165) is 17.4 Å². The Morgan fingerprint density at radius 3 is 2.68 bits per heavy atom. The summed E-state index contributed by atoms with van der Waals surface area (Å²) in [6, 6.07) is 8.31. The van der Waals surface area contributed by atoms with Crippen molar-refractivity contribution >= 4 is 23.0 Å². The first kappa shape index (κ1) is 14.1. The molecular weight excluding hydrogens is 256 g/mol. The van der Waals surface area contributed by atoms with Crippen LogP contribution >= 0.6 is 12.2 Å². The molecule has 1 aliphatic carbocycles. The van der Waals surface area contributed by atoms with Crippen LogP contribution in [0.3, 0.4) is 0 Å². The van der Waals surface area contributed by atoms with E-state index in [2.05, 4.69) is 17.6 Å². The van der Waals surface area contributed by atoms with Crippen molar-refractivity contribution in [3.63, 3.8) is 0 Å². The Bertz CT molecular complexity index is 428. The number of rotatable bonds is 3. The van der Waals surface area contributed by atoms with E-state index in [0.29, 0.717) is 11.2 Å². The van der Waals surface area contributed by atoms with Gasteiger partial charge in [-0.05, 0) is 56.0 Å². The highest BCUT2D eigenvalue weighted by Gasteiger charge is 2.18. The standard InChI is InChI=1S/C15H22N2OS/c1-11-6-8-12(9-7-11)16-15(19)17-13-4-3-5-14(10-13)18-2/h3-5,10-12H,6-9H2,1-2H3,(H2,16,17,19). The van der Waals surface area contributed by atoms with Crippen LogP contribution in [0.1, 0.15) is 32.6 Å². The van der Waals surface area contributed by atoms with Crippen LogP contribution in [0.4, 0.5) is 5.69 Å². The van der Waals surface area contributed by atoms with Crippen molar-refractivity contribution in [3.8, 4) is 5.75 Å². The number of ether oxygens (including phenoxy) is 1. The number of anilines is 1. The highest BCUT2D eigenvalue weighted by Crippen LogP contribution is 2.23. The van der Waals surface area contributed by atoms with E-state index in [1.54, 1.807) is 7.11 Å². The monoisotopic (exact) mass is 278 g/mol. The highest BCUT2D eigenvalue weighted by molar-refractivity contribution is 7.80. The van der Waals surface area contributed by atoms with Gasteiger partial charge in [-0.25, -0.2) is 0 Å². The van der Waals surface area contributed by atoms with E-state index in [4.69, 9.17) is 17.0 Å². The zero-order chi connectivity index (χ0) is 13.7. The lowest BCUT2D eigenvalue weighted by atomic mass is 9.87. The minimum atomic E-state index is 0.516. The third kappa shape index (κ3) is 4.39. The second kappa shape index (κ2) is 6.75. The number of methoxy groups -OCH3 is 1. The predicted octanol–water partition coefficient (Wildman–Crippen LogP) is 3.56. The number of hydrogen-bond acceptors (Lipinski definition) is 2. The normalized spacial score (nSPS) is 22.6. The van der Waals surface area contributed by atoms with Gasteiger partial charge in [0.2, 0.25) is 0 Å². The van der Waals surface area contributed by atoms with Crippen molar-refractivity contribution < 1.29 is 4.74 Å². The molecule has 0 bridgehead atoms. The Balaban J connectivity index is 1.83. The molecule has 0 saturated heterocycles. The number of nitrogens with one attached hydrogen (secondary N) is 2. The highest BCUT2D eigenvalue weighted by atomic mass is 32.1. The van der Waals surface area contributed by atoms with Gasteiger partial charge in [-0.15, -0.1) is 0 Å². The van der Waals surface area contributed by atoms with Gasteiger partial charge in [0, 0.05) is 17.8 Å². The second-order valence-corrected chi connectivity index (χ2v) is 5.70. The summed E-state index contributed by atoms with van der Waals surface area (Å²) in [6.45, 7) is 2.32. The van der Waals surface area contributed by atoms with Gasteiger partial charge in [0.15, 0.2) is 5.11 Å². The quantitative estimate of drug-likeness (QED) is 0.828. The average Bonchev–Trinajstić information content (AvgIpc) is 2.41. The van der Waals surface area contributed by atoms with Crippen molar-refractivity contribution in [2.45, 2.75) is 38.6 Å². The van der Waals surface area contributed by atoms with Gasteiger partial charge in [0.05, 0.1) is 7.11 Å². The SMILES string of the molecule is COc1cccc(NC(=S)NC2CCC(C)CC2)c1. The predicted molar refractivity (Wildman–Crippen MR) is 83.8 cm³/mol. The van der Waals surface area contributed by atoms with Crippen molar-refractivity contribution in [1.29, 1.82) is 0 Å². The Morgan fingerprint density at radius 1 is 1.26 bits per heavy atom. The lowest BCUT2D eigenvalue weighted by Crippen LogP contribution is -2.39. The van der Waals surface area contributed by atoms with Gasteiger partial charge >= 0.3 is 0 Å². The van der Waals surface area contributed by atoms with E-state index in [1.165, 1.54) is 25.7 Å². The molecule has 3 nitrogen and oxygen atoms in total. The lowest BCUT2D eigenvalue weighted by Gasteiger charge is -2.28. The van der Waals surface area contributed by atoms with Crippen molar-refractivity contribution in [3.05, 3.63) is 24.3 Å². The maximum atomic E-state index is 5.36. The Kier molecular flexibility index (Phi) is 5.02. The average molecular weight is 278 g/mol. The smallest absolute Gasteiger partial charge is 0.170 e. The van der Waals surface area contributed by atoms with Gasteiger partial charge in [-0.1, -0.05) is 13.0 Å². The van der Waals surface area contributed by atoms with E-state index in [1.807, 2.05) is 24.3 Å². The second-order valence-electron chi connectivity index (χ2n) is 5.29. The summed E-state index contributed by atoms with van der Waals surface area (Å²) in [5, 5.41) is 7.32. The van der Waals surface area contributed by atoms with Gasteiger partial charge in [-0.2, -0.15) is 0 Å². The molecule has 1 saturated carbocycles. The van der Waals surface area contributed by atoms with Crippen LogP contribution < -0.4 is 15.4 Å². The maximum absolute atomic E-state index is 5.36. The molecule has 0 amide bonds. The summed E-state index contributed by atoms with van der Waals surface area (Å²) in [5.74, 6) is 1.69. The van der Waals surface area contributed by atoms with Crippen LogP contribution in [0.5, 0.6) is 5.75 Å². The fourth-order valence-electron chi connectivity index (χ4n) is 2.46. The largest absolute Gasteiger partial charge is 0.497 e. The molecule has 0 aromatic heterocycles.